The van der Waals surface area contributed by atoms with Gasteiger partial charge in [-0.2, -0.15) is 5.26 Å². The number of aryl methyl sites for hydroxylation is 1. The van der Waals surface area contributed by atoms with Gasteiger partial charge in [-0.3, -0.25) is 0 Å². The van der Waals surface area contributed by atoms with Crippen LogP contribution in [0, 0.1) is 25.2 Å². The van der Waals surface area contributed by atoms with Crippen molar-refractivity contribution in [2.45, 2.75) is 13.8 Å². The van der Waals surface area contributed by atoms with E-state index in [2.05, 4.69) is 0 Å². The summed E-state index contributed by atoms with van der Waals surface area (Å²) < 4.78 is 4.88. The van der Waals surface area contributed by atoms with Crippen LogP contribution in [-0.2, 0) is 0 Å². The van der Waals surface area contributed by atoms with Crippen LogP contribution < -0.4 is 0 Å². The highest BCUT2D eigenvalue weighted by atomic mass is 16.3. The number of nitriles is 1. The van der Waals surface area contributed by atoms with Gasteiger partial charge >= 0.3 is 0 Å². The zero-order valence-electron chi connectivity index (χ0n) is 5.43. The summed E-state index contributed by atoms with van der Waals surface area (Å²) in [5, 5.41) is 8.39. The fourth-order valence-corrected chi connectivity index (χ4v) is 0.613. The van der Waals surface area contributed by atoms with Crippen LogP contribution >= 0.6 is 0 Å². The van der Waals surface area contributed by atoms with Crippen LogP contribution in [0.1, 0.15) is 16.9 Å². The van der Waals surface area contributed by atoms with Crippen LogP contribution in [0.5, 0.6) is 0 Å². The van der Waals surface area contributed by atoms with Gasteiger partial charge in [0.15, 0.2) is 0 Å². The molecule has 0 fully saturated rings. The van der Waals surface area contributed by atoms with E-state index in [1.165, 1.54) is 0 Å². The predicted octanol–water partition coefficient (Wildman–Crippen LogP) is 1.77. The molecular weight excluding hydrogens is 114 g/mol. The Morgan fingerprint density at radius 2 is 2.22 bits per heavy atom. The lowest BCUT2D eigenvalue weighted by Gasteiger charge is -1.81. The van der Waals surface area contributed by atoms with Crippen molar-refractivity contribution in [3.8, 4) is 6.07 Å². The molecule has 1 aromatic rings. The topological polar surface area (TPSA) is 36.9 Å². The third-order valence-corrected chi connectivity index (χ3v) is 1.39. The number of hydrogen-bond acceptors (Lipinski definition) is 2. The predicted molar refractivity (Wildman–Crippen MR) is 32.9 cm³/mol. The summed E-state index contributed by atoms with van der Waals surface area (Å²) >= 11 is 0. The number of rotatable bonds is 0. The molecule has 0 saturated carbocycles. The molecule has 1 heterocycles. The van der Waals surface area contributed by atoms with Crippen LogP contribution in [0.15, 0.2) is 10.7 Å². The molecule has 0 unspecified atom stereocenters. The second-order valence-corrected chi connectivity index (χ2v) is 1.98. The summed E-state index contributed by atoms with van der Waals surface area (Å²) in [6, 6.07) is 1.95. The molecule has 46 valence electrons. The molecule has 0 aliphatic rings. The SMILES string of the molecule is Cc1coc(C#N)c1C. The highest BCUT2D eigenvalue weighted by molar-refractivity contribution is 5.32. The Bertz CT molecular complexity index is 254. The molecule has 0 aromatic carbocycles. The van der Waals surface area contributed by atoms with Crippen molar-refractivity contribution in [1.82, 2.24) is 0 Å². The summed E-state index contributed by atoms with van der Waals surface area (Å²) in [4.78, 5) is 0. The van der Waals surface area contributed by atoms with Crippen LogP contribution in [0.2, 0.25) is 0 Å². The van der Waals surface area contributed by atoms with E-state index in [9.17, 15) is 0 Å². The van der Waals surface area contributed by atoms with Crippen molar-refractivity contribution in [3.05, 3.63) is 23.2 Å². The molecule has 0 radical (unpaired) electrons. The molecule has 0 bridgehead atoms. The van der Waals surface area contributed by atoms with Crippen molar-refractivity contribution >= 4 is 0 Å². The van der Waals surface area contributed by atoms with E-state index in [1.54, 1.807) is 6.26 Å². The summed E-state index contributed by atoms with van der Waals surface area (Å²) in [5.74, 6) is 0.424. The average Bonchev–Trinajstić information content (AvgIpc) is 2.15. The second-order valence-electron chi connectivity index (χ2n) is 1.98. The van der Waals surface area contributed by atoms with Crippen LogP contribution in [-0.4, -0.2) is 0 Å². The molecule has 0 amide bonds. The lowest BCUT2D eigenvalue weighted by molar-refractivity contribution is 0.549. The van der Waals surface area contributed by atoms with E-state index in [0.29, 0.717) is 5.76 Å². The van der Waals surface area contributed by atoms with Crippen molar-refractivity contribution in [2.24, 2.45) is 0 Å². The van der Waals surface area contributed by atoms with Gasteiger partial charge in [-0.25, -0.2) is 0 Å². The third kappa shape index (κ3) is 0.812. The molecule has 1 rings (SSSR count). The fraction of sp³-hybridized carbons (Fsp3) is 0.286. The molecule has 0 N–H and O–H groups in total. The van der Waals surface area contributed by atoms with E-state index in [0.717, 1.165) is 11.1 Å². The molecule has 0 aliphatic carbocycles. The van der Waals surface area contributed by atoms with Crippen molar-refractivity contribution in [3.63, 3.8) is 0 Å². The molecule has 1 aromatic heterocycles. The Kier molecular flexibility index (Phi) is 1.27. The molecule has 0 atom stereocenters. The van der Waals surface area contributed by atoms with E-state index in [4.69, 9.17) is 9.68 Å². The van der Waals surface area contributed by atoms with Gasteiger partial charge in [0.05, 0.1) is 6.26 Å². The van der Waals surface area contributed by atoms with Crippen LogP contribution in [0.25, 0.3) is 0 Å². The first-order valence-corrected chi connectivity index (χ1v) is 2.70. The lowest BCUT2D eigenvalue weighted by Crippen LogP contribution is -1.73. The third-order valence-electron chi connectivity index (χ3n) is 1.39. The molecule has 0 saturated heterocycles. The maximum atomic E-state index is 8.39. The van der Waals surface area contributed by atoms with Gasteiger partial charge in [-0.15, -0.1) is 0 Å². The van der Waals surface area contributed by atoms with Gasteiger partial charge in [0.2, 0.25) is 5.76 Å². The van der Waals surface area contributed by atoms with Crippen molar-refractivity contribution < 1.29 is 4.42 Å². The van der Waals surface area contributed by atoms with E-state index in [1.807, 2.05) is 19.9 Å². The minimum Gasteiger partial charge on any atom is -0.453 e. The van der Waals surface area contributed by atoms with Crippen LogP contribution in [0.3, 0.4) is 0 Å². The van der Waals surface area contributed by atoms with Crippen molar-refractivity contribution in [2.75, 3.05) is 0 Å². The molecular formula is C7H7NO. The van der Waals surface area contributed by atoms with Gasteiger partial charge in [0, 0.05) is 5.56 Å². The number of furan rings is 1. The minimum absolute atomic E-state index is 0.424. The minimum atomic E-state index is 0.424. The summed E-state index contributed by atoms with van der Waals surface area (Å²) in [7, 11) is 0. The zero-order chi connectivity index (χ0) is 6.85. The van der Waals surface area contributed by atoms with Gasteiger partial charge < -0.3 is 4.42 Å². The Morgan fingerprint density at radius 3 is 2.44 bits per heavy atom. The number of hydrogen-bond donors (Lipinski definition) is 0. The fourth-order valence-electron chi connectivity index (χ4n) is 0.613. The molecule has 2 nitrogen and oxygen atoms in total. The maximum Gasteiger partial charge on any atom is 0.206 e. The number of nitrogens with zero attached hydrogens (tertiary/aromatic N) is 1. The van der Waals surface area contributed by atoms with Gasteiger partial charge in [-0.05, 0) is 19.4 Å². The Hall–Kier alpha value is -1.23. The monoisotopic (exact) mass is 121 g/mol. The highest BCUT2D eigenvalue weighted by Gasteiger charge is 2.02. The summed E-state index contributed by atoms with van der Waals surface area (Å²) in [5.41, 5.74) is 1.98. The summed E-state index contributed by atoms with van der Waals surface area (Å²) in [6.45, 7) is 3.79. The Morgan fingerprint density at radius 1 is 1.56 bits per heavy atom. The first-order chi connectivity index (χ1) is 4.25. The quantitative estimate of drug-likeness (QED) is 0.524. The molecule has 0 aliphatic heterocycles. The van der Waals surface area contributed by atoms with Gasteiger partial charge in [0.1, 0.15) is 6.07 Å². The highest BCUT2D eigenvalue weighted by Crippen LogP contribution is 2.12. The zero-order valence-corrected chi connectivity index (χ0v) is 5.43. The molecule has 9 heavy (non-hydrogen) atoms. The van der Waals surface area contributed by atoms with E-state index in [-0.39, 0.29) is 0 Å². The first-order valence-electron chi connectivity index (χ1n) is 2.70. The average molecular weight is 121 g/mol. The smallest absolute Gasteiger partial charge is 0.206 e. The molecule has 0 spiro atoms. The Balaban J connectivity index is 3.24. The van der Waals surface area contributed by atoms with Gasteiger partial charge in [-0.1, -0.05) is 0 Å². The van der Waals surface area contributed by atoms with Crippen molar-refractivity contribution in [1.29, 1.82) is 5.26 Å². The molecule has 2 heteroatoms. The first kappa shape index (κ1) is 5.90. The van der Waals surface area contributed by atoms with E-state index >= 15 is 0 Å². The standard InChI is InChI=1S/C7H7NO/c1-5-4-9-7(3-8)6(5)2/h4H,1-2H3. The van der Waals surface area contributed by atoms with Gasteiger partial charge in [0.25, 0.3) is 0 Å². The largest absolute Gasteiger partial charge is 0.453 e. The lowest BCUT2D eigenvalue weighted by atomic mass is 10.2. The Labute approximate surface area is 53.7 Å². The second kappa shape index (κ2) is 1.94. The normalized spacial score (nSPS) is 9.00. The van der Waals surface area contributed by atoms with Crippen LogP contribution in [0.4, 0.5) is 0 Å². The summed E-state index contributed by atoms with van der Waals surface area (Å²) in [6.07, 6.45) is 1.59. The van der Waals surface area contributed by atoms with E-state index < -0.39 is 0 Å². The maximum absolute atomic E-state index is 8.39.